The first-order valence-electron chi connectivity index (χ1n) is 4.97. The lowest BCUT2D eigenvalue weighted by Crippen LogP contribution is -1.96. The summed E-state index contributed by atoms with van der Waals surface area (Å²) in [4.78, 5) is 4.44. The average molecular weight is 218 g/mol. The second-order valence-corrected chi connectivity index (χ2v) is 4.52. The minimum absolute atomic E-state index is 0.608. The van der Waals surface area contributed by atoms with Crippen molar-refractivity contribution in [1.82, 2.24) is 4.98 Å². The molecule has 0 aliphatic rings. The summed E-state index contributed by atoms with van der Waals surface area (Å²) in [5.74, 6) is 0. The molecule has 0 aliphatic heterocycles. The molecule has 0 spiro atoms. The third-order valence-electron chi connectivity index (χ3n) is 2.28. The molecule has 0 unspecified atom stereocenters. The van der Waals surface area contributed by atoms with Crippen LogP contribution in [0.2, 0.25) is 0 Å². The standard InChI is InChI=1S/C12H14N2S/c1-9-8-15-12(14-9)6-10-2-4-11(7-13)5-3-10/h2-5,8H,6-7,13H2,1H3. The quantitative estimate of drug-likeness (QED) is 0.859. The number of aryl methyl sites for hydroxylation is 1. The molecule has 2 aromatic rings. The molecule has 0 aliphatic carbocycles. The molecule has 78 valence electrons. The molecule has 0 amide bonds. The molecule has 0 saturated carbocycles. The topological polar surface area (TPSA) is 38.9 Å². The maximum absolute atomic E-state index is 5.55. The van der Waals surface area contributed by atoms with Crippen LogP contribution >= 0.6 is 11.3 Å². The summed E-state index contributed by atoms with van der Waals surface area (Å²) in [5, 5.41) is 3.26. The molecule has 1 heterocycles. The van der Waals surface area contributed by atoms with Crippen molar-refractivity contribution in [2.24, 2.45) is 5.73 Å². The first-order valence-corrected chi connectivity index (χ1v) is 5.85. The smallest absolute Gasteiger partial charge is 0.0972 e. The minimum Gasteiger partial charge on any atom is -0.326 e. The van der Waals surface area contributed by atoms with Crippen LogP contribution < -0.4 is 5.73 Å². The number of aromatic nitrogens is 1. The van der Waals surface area contributed by atoms with Gasteiger partial charge in [0.15, 0.2) is 0 Å². The minimum atomic E-state index is 0.608. The number of hydrogen-bond acceptors (Lipinski definition) is 3. The van der Waals surface area contributed by atoms with Gasteiger partial charge in [-0.2, -0.15) is 0 Å². The van der Waals surface area contributed by atoms with Crippen molar-refractivity contribution >= 4 is 11.3 Å². The summed E-state index contributed by atoms with van der Waals surface area (Å²) >= 11 is 1.72. The Morgan fingerprint density at radius 1 is 1.20 bits per heavy atom. The van der Waals surface area contributed by atoms with Crippen LogP contribution in [0, 0.1) is 6.92 Å². The number of rotatable bonds is 3. The summed E-state index contributed by atoms with van der Waals surface area (Å²) < 4.78 is 0. The van der Waals surface area contributed by atoms with Crippen LogP contribution in [0.25, 0.3) is 0 Å². The summed E-state index contributed by atoms with van der Waals surface area (Å²) in [5.41, 5.74) is 9.12. The van der Waals surface area contributed by atoms with E-state index in [0.29, 0.717) is 6.54 Å². The SMILES string of the molecule is Cc1csc(Cc2ccc(CN)cc2)n1. The molecule has 1 aromatic carbocycles. The Morgan fingerprint density at radius 2 is 1.87 bits per heavy atom. The van der Waals surface area contributed by atoms with Gasteiger partial charge in [0.25, 0.3) is 0 Å². The first-order chi connectivity index (χ1) is 7.28. The maximum atomic E-state index is 5.55. The Bertz CT molecular complexity index is 431. The Hall–Kier alpha value is -1.19. The van der Waals surface area contributed by atoms with Crippen LogP contribution in [-0.4, -0.2) is 4.98 Å². The number of nitrogens with two attached hydrogens (primary N) is 1. The highest BCUT2D eigenvalue weighted by atomic mass is 32.1. The van der Waals surface area contributed by atoms with Crippen molar-refractivity contribution in [3.05, 3.63) is 51.5 Å². The summed E-state index contributed by atoms with van der Waals surface area (Å²) in [6.07, 6.45) is 0.920. The van der Waals surface area contributed by atoms with E-state index in [1.54, 1.807) is 11.3 Å². The molecule has 0 fully saturated rings. The van der Waals surface area contributed by atoms with Crippen LogP contribution in [0.1, 0.15) is 21.8 Å². The molecule has 3 heteroatoms. The van der Waals surface area contributed by atoms with E-state index in [1.807, 2.05) is 6.92 Å². The molecule has 2 rings (SSSR count). The Morgan fingerprint density at radius 3 is 2.40 bits per heavy atom. The third kappa shape index (κ3) is 2.64. The third-order valence-corrected chi connectivity index (χ3v) is 3.25. The largest absolute Gasteiger partial charge is 0.326 e. The van der Waals surface area contributed by atoms with Crippen LogP contribution in [0.15, 0.2) is 29.6 Å². The van der Waals surface area contributed by atoms with Gasteiger partial charge in [0.05, 0.1) is 5.01 Å². The van der Waals surface area contributed by atoms with Crippen molar-refractivity contribution in [1.29, 1.82) is 0 Å². The number of hydrogen-bond donors (Lipinski definition) is 1. The monoisotopic (exact) mass is 218 g/mol. The highest BCUT2D eigenvalue weighted by Gasteiger charge is 2.00. The lowest BCUT2D eigenvalue weighted by Gasteiger charge is -2.00. The fraction of sp³-hybridized carbons (Fsp3) is 0.250. The number of benzene rings is 1. The van der Waals surface area contributed by atoms with Gasteiger partial charge in [0, 0.05) is 24.0 Å². The molecule has 1 aromatic heterocycles. The van der Waals surface area contributed by atoms with E-state index in [9.17, 15) is 0 Å². The fourth-order valence-electron chi connectivity index (χ4n) is 1.45. The van der Waals surface area contributed by atoms with Gasteiger partial charge in [-0.25, -0.2) is 4.98 Å². The van der Waals surface area contributed by atoms with E-state index in [1.165, 1.54) is 16.1 Å². The van der Waals surface area contributed by atoms with Gasteiger partial charge in [-0.1, -0.05) is 24.3 Å². The van der Waals surface area contributed by atoms with E-state index in [0.717, 1.165) is 12.1 Å². The fourth-order valence-corrected chi connectivity index (χ4v) is 2.26. The normalized spacial score (nSPS) is 10.5. The molecule has 15 heavy (non-hydrogen) atoms. The average Bonchev–Trinajstić information content (AvgIpc) is 2.65. The predicted molar refractivity (Wildman–Crippen MR) is 64.0 cm³/mol. The molecule has 2 nitrogen and oxygen atoms in total. The molecular weight excluding hydrogens is 204 g/mol. The number of thiazole rings is 1. The van der Waals surface area contributed by atoms with Gasteiger partial charge in [0.2, 0.25) is 0 Å². The zero-order chi connectivity index (χ0) is 10.7. The van der Waals surface area contributed by atoms with Crippen molar-refractivity contribution in [3.8, 4) is 0 Å². The first kappa shape index (κ1) is 10.3. The van der Waals surface area contributed by atoms with Crippen molar-refractivity contribution in [2.75, 3.05) is 0 Å². The van der Waals surface area contributed by atoms with Crippen LogP contribution in [0.3, 0.4) is 0 Å². The van der Waals surface area contributed by atoms with Gasteiger partial charge >= 0.3 is 0 Å². The number of nitrogens with zero attached hydrogens (tertiary/aromatic N) is 1. The van der Waals surface area contributed by atoms with Crippen LogP contribution in [-0.2, 0) is 13.0 Å². The molecule has 0 atom stereocenters. The van der Waals surface area contributed by atoms with E-state index >= 15 is 0 Å². The van der Waals surface area contributed by atoms with E-state index in [2.05, 4.69) is 34.6 Å². The lowest BCUT2D eigenvalue weighted by atomic mass is 10.1. The van der Waals surface area contributed by atoms with Crippen molar-refractivity contribution < 1.29 is 0 Å². The predicted octanol–water partition coefficient (Wildman–Crippen LogP) is 2.50. The highest BCUT2D eigenvalue weighted by Crippen LogP contribution is 2.14. The Kier molecular flexibility index (Phi) is 3.14. The van der Waals surface area contributed by atoms with E-state index in [4.69, 9.17) is 5.73 Å². The van der Waals surface area contributed by atoms with E-state index in [-0.39, 0.29) is 0 Å². The van der Waals surface area contributed by atoms with Crippen LogP contribution in [0.4, 0.5) is 0 Å². The maximum Gasteiger partial charge on any atom is 0.0972 e. The van der Waals surface area contributed by atoms with Gasteiger partial charge < -0.3 is 5.73 Å². The Labute approximate surface area is 93.8 Å². The molecule has 2 N–H and O–H groups in total. The zero-order valence-electron chi connectivity index (χ0n) is 8.73. The molecular formula is C12H14N2S. The van der Waals surface area contributed by atoms with E-state index < -0.39 is 0 Å². The molecule has 0 bridgehead atoms. The lowest BCUT2D eigenvalue weighted by molar-refractivity contribution is 1.06. The van der Waals surface area contributed by atoms with Gasteiger partial charge in [-0.05, 0) is 18.1 Å². The Balaban J connectivity index is 2.11. The highest BCUT2D eigenvalue weighted by molar-refractivity contribution is 7.09. The molecule has 0 saturated heterocycles. The van der Waals surface area contributed by atoms with Crippen LogP contribution in [0.5, 0.6) is 0 Å². The zero-order valence-corrected chi connectivity index (χ0v) is 9.55. The van der Waals surface area contributed by atoms with Crippen molar-refractivity contribution in [2.45, 2.75) is 19.9 Å². The molecule has 0 radical (unpaired) electrons. The van der Waals surface area contributed by atoms with Crippen molar-refractivity contribution in [3.63, 3.8) is 0 Å². The summed E-state index contributed by atoms with van der Waals surface area (Å²) in [6.45, 7) is 2.63. The van der Waals surface area contributed by atoms with Gasteiger partial charge in [-0.15, -0.1) is 11.3 Å². The second kappa shape index (κ2) is 4.55. The summed E-state index contributed by atoms with van der Waals surface area (Å²) in [6, 6.07) is 8.41. The summed E-state index contributed by atoms with van der Waals surface area (Å²) in [7, 11) is 0. The second-order valence-electron chi connectivity index (χ2n) is 3.58. The van der Waals surface area contributed by atoms with Gasteiger partial charge in [0.1, 0.15) is 0 Å². The van der Waals surface area contributed by atoms with Gasteiger partial charge in [-0.3, -0.25) is 0 Å².